The maximum Gasteiger partial charge on any atom is 0.152 e. The number of ether oxygens (including phenoxy) is 1. The molecule has 3 aromatic rings. The molecule has 4 nitrogen and oxygen atoms in total. The van der Waals surface area contributed by atoms with Crippen molar-refractivity contribution in [2.45, 2.75) is 59.1 Å². The van der Waals surface area contributed by atoms with Gasteiger partial charge in [0.05, 0.1) is 5.69 Å². The smallest absolute Gasteiger partial charge is 0.152 e. The average Bonchev–Trinajstić information content (AvgIpc) is 3.17. The van der Waals surface area contributed by atoms with Gasteiger partial charge in [0.2, 0.25) is 0 Å². The molecule has 150 valence electrons. The Balaban J connectivity index is 1.70. The molecular weight excluding hydrogens is 346 g/mol. The third-order valence-corrected chi connectivity index (χ3v) is 5.14. The van der Waals surface area contributed by atoms with Gasteiger partial charge < -0.3 is 9.14 Å². The van der Waals surface area contributed by atoms with Gasteiger partial charge in [-0.25, -0.2) is 4.98 Å². The highest BCUT2D eigenvalue weighted by molar-refractivity contribution is 5.63. The molecule has 1 atom stereocenters. The highest BCUT2D eigenvalue weighted by Gasteiger charge is 2.17. The molecular formula is C24H33N3O. The summed E-state index contributed by atoms with van der Waals surface area (Å²) >= 11 is 0. The fraction of sp³-hybridized carbons (Fsp3) is 0.458. The number of imidazole rings is 1. The highest BCUT2D eigenvalue weighted by atomic mass is 16.5. The van der Waals surface area contributed by atoms with Crippen LogP contribution in [0.25, 0.3) is 16.9 Å². The first-order chi connectivity index (χ1) is 13.7. The molecule has 0 saturated heterocycles. The van der Waals surface area contributed by atoms with Gasteiger partial charge in [0.15, 0.2) is 6.23 Å². The van der Waals surface area contributed by atoms with Gasteiger partial charge in [0.25, 0.3) is 0 Å². The molecule has 4 heteroatoms. The van der Waals surface area contributed by atoms with Crippen LogP contribution in [-0.4, -0.2) is 33.6 Å². The monoisotopic (exact) mass is 379 g/mol. The number of pyridine rings is 1. The molecule has 2 aromatic heterocycles. The van der Waals surface area contributed by atoms with Crippen molar-refractivity contribution >= 4 is 5.65 Å². The molecule has 0 aliphatic carbocycles. The predicted molar refractivity (Wildman–Crippen MR) is 117 cm³/mol. The number of nitrogens with zero attached hydrogens (tertiary/aromatic N) is 3. The second kappa shape index (κ2) is 10.3. The van der Waals surface area contributed by atoms with Crippen LogP contribution in [0, 0.1) is 0 Å². The Bertz CT molecular complexity index is 799. The molecule has 0 spiro atoms. The largest absolute Gasteiger partial charge is 0.475 e. The van der Waals surface area contributed by atoms with Gasteiger partial charge in [-0.2, -0.15) is 0 Å². The van der Waals surface area contributed by atoms with E-state index in [0.717, 1.165) is 42.2 Å². The summed E-state index contributed by atoms with van der Waals surface area (Å²) in [6.07, 6.45) is 10.1. The zero-order valence-electron chi connectivity index (χ0n) is 17.5. The molecule has 0 amide bonds. The lowest BCUT2D eigenvalue weighted by molar-refractivity contribution is 0.0202. The van der Waals surface area contributed by atoms with E-state index in [2.05, 4.69) is 56.1 Å². The quantitative estimate of drug-likeness (QED) is 0.382. The summed E-state index contributed by atoms with van der Waals surface area (Å²) in [5, 5.41) is 0. The van der Waals surface area contributed by atoms with Crippen LogP contribution in [0.2, 0.25) is 0 Å². The number of benzene rings is 1. The van der Waals surface area contributed by atoms with Crippen molar-refractivity contribution in [3.05, 3.63) is 54.9 Å². The summed E-state index contributed by atoms with van der Waals surface area (Å²) < 4.78 is 8.42. The lowest BCUT2D eigenvalue weighted by atomic mass is 10.1. The van der Waals surface area contributed by atoms with E-state index >= 15 is 0 Å². The van der Waals surface area contributed by atoms with Crippen molar-refractivity contribution in [2.24, 2.45) is 0 Å². The maximum atomic E-state index is 6.37. The topological polar surface area (TPSA) is 29.8 Å². The third kappa shape index (κ3) is 5.14. The summed E-state index contributed by atoms with van der Waals surface area (Å²) in [5.74, 6) is 0.928. The minimum Gasteiger partial charge on any atom is -0.475 e. The number of hydrogen-bond acceptors (Lipinski definition) is 3. The van der Waals surface area contributed by atoms with E-state index in [-0.39, 0.29) is 6.23 Å². The van der Waals surface area contributed by atoms with Crippen molar-refractivity contribution in [3.8, 4) is 17.0 Å². The van der Waals surface area contributed by atoms with Gasteiger partial charge in [-0.15, -0.1) is 0 Å². The average molecular weight is 380 g/mol. The third-order valence-electron chi connectivity index (χ3n) is 5.14. The van der Waals surface area contributed by atoms with Crippen molar-refractivity contribution in [2.75, 3.05) is 13.1 Å². The van der Waals surface area contributed by atoms with E-state index in [1.807, 2.05) is 28.8 Å². The van der Waals surface area contributed by atoms with Crippen LogP contribution in [0.5, 0.6) is 5.75 Å². The van der Waals surface area contributed by atoms with E-state index in [1.54, 1.807) is 0 Å². The Morgan fingerprint density at radius 2 is 1.68 bits per heavy atom. The number of fused-ring (bicyclic) bond motifs is 1. The summed E-state index contributed by atoms with van der Waals surface area (Å²) in [4.78, 5) is 7.20. The molecule has 0 aliphatic rings. The number of unbranched alkanes of at least 4 members (excludes halogenated alkanes) is 2. The zero-order valence-corrected chi connectivity index (χ0v) is 17.5. The van der Waals surface area contributed by atoms with Crippen LogP contribution in [0.4, 0.5) is 0 Å². The van der Waals surface area contributed by atoms with Crippen molar-refractivity contribution < 1.29 is 4.74 Å². The highest BCUT2D eigenvalue weighted by Crippen LogP contribution is 2.24. The van der Waals surface area contributed by atoms with Gasteiger partial charge >= 0.3 is 0 Å². The minimum absolute atomic E-state index is 0.138. The Kier molecular flexibility index (Phi) is 7.49. The van der Waals surface area contributed by atoms with E-state index in [4.69, 9.17) is 9.72 Å². The number of aromatic nitrogens is 2. The Labute approximate surface area is 169 Å². The summed E-state index contributed by atoms with van der Waals surface area (Å²) in [6, 6.07) is 14.4. The summed E-state index contributed by atoms with van der Waals surface area (Å²) in [6.45, 7) is 8.92. The lowest BCUT2D eigenvalue weighted by Gasteiger charge is -2.31. The molecule has 3 rings (SSSR count). The molecule has 1 aromatic carbocycles. The zero-order chi connectivity index (χ0) is 19.8. The standard InChI is InChI=1S/C24H33N3O/c1-4-7-16-26(17-8-5-2)24(6-3)28-21-14-12-20(13-15-21)22-19-27-18-10-9-11-23(27)25-22/h9-15,18-19,24H,4-8,16-17H2,1-3H3. The summed E-state index contributed by atoms with van der Waals surface area (Å²) in [7, 11) is 0. The van der Waals surface area contributed by atoms with Crippen molar-refractivity contribution in [3.63, 3.8) is 0 Å². The molecule has 0 fully saturated rings. The Morgan fingerprint density at radius 3 is 2.29 bits per heavy atom. The molecule has 2 heterocycles. The molecule has 1 unspecified atom stereocenters. The first-order valence-electron chi connectivity index (χ1n) is 10.7. The van der Waals surface area contributed by atoms with Crippen LogP contribution in [0.3, 0.4) is 0 Å². The summed E-state index contributed by atoms with van der Waals surface area (Å²) in [5.41, 5.74) is 3.06. The first kappa shape index (κ1) is 20.4. The second-order valence-electron chi connectivity index (χ2n) is 7.34. The van der Waals surface area contributed by atoms with Crippen LogP contribution < -0.4 is 4.74 Å². The predicted octanol–water partition coefficient (Wildman–Crippen LogP) is 6.02. The molecule has 28 heavy (non-hydrogen) atoms. The van der Waals surface area contributed by atoms with E-state index in [0.29, 0.717) is 0 Å². The van der Waals surface area contributed by atoms with Gasteiger partial charge in [0, 0.05) is 31.0 Å². The molecule has 0 aliphatic heterocycles. The van der Waals surface area contributed by atoms with E-state index in [9.17, 15) is 0 Å². The van der Waals surface area contributed by atoms with Crippen LogP contribution in [0.1, 0.15) is 52.9 Å². The SMILES string of the molecule is CCCCN(CCCC)C(CC)Oc1ccc(-c2cn3ccccc3n2)cc1. The minimum atomic E-state index is 0.138. The molecule has 0 saturated carbocycles. The number of hydrogen-bond donors (Lipinski definition) is 0. The maximum absolute atomic E-state index is 6.37. The van der Waals surface area contributed by atoms with Crippen LogP contribution in [-0.2, 0) is 0 Å². The van der Waals surface area contributed by atoms with Gasteiger partial charge in [-0.05, 0) is 55.7 Å². The number of rotatable bonds is 11. The van der Waals surface area contributed by atoms with Gasteiger partial charge in [0.1, 0.15) is 11.4 Å². The van der Waals surface area contributed by atoms with Gasteiger partial charge in [-0.1, -0.05) is 39.7 Å². The molecule has 0 N–H and O–H groups in total. The van der Waals surface area contributed by atoms with Crippen molar-refractivity contribution in [1.29, 1.82) is 0 Å². The molecule has 0 radical (unpaired) electrons. The van der Waals surface area contributed by atoms with E-state index in [1.165, 1.54) is 25.7 Å². The van der Waals surface area contributed by atoms with Crippen LogP contribution >= 0.6 is 0 Å². The lowest BCUT2D eigenvalue weighted by Crippen LogP contribution is -2.40. The fourth-order valence-electron chi connectivity index (χ4n) is 3.47. The van der Waals surface area contributed by atoms with Crippen LogP contribution in [0.15, 0.2) is 54.9 Å². The second-order valence-corrected chi connectivity index (χ2v) is 7.34. The first-order valence-corrected chi connectivity index (χ1v) is 10.7. The molecule has 0 bridgehead atoms. The Hall–Kier alpha value is -2.33. The van der Waals surface area contributed by atoms with Crippen molar-refractivity contribution in [1.82, 2.24) is 14.3 Å². The van der Waals surface area contributed by atoms with Gasteiger partial charge in [-0.3, -0.25) is 4.90 Å². The normalized spacial score (nSPS) is 12.6. The fourth-order valence-corrected chi connectivity index (χ4v) is 3.47. The Morgan fingerprint density at radius 1 is 0.964 bits per heavy atom. The van der Waals surface area contributed by atoms with E-state index < -0.39 is 0 Å².